The Morgan fingerprint density at radius 2 is 1.83 bits per heavy atom. The fourth-order valence-corrected chi connectivity index (χ4v) is 4.69. The first kappa shape index (κ1) is 22.1. The van der Waals surface area contributed by atoms with Crippen LogP contribution in [-0.2, 0) is 9.59 Å². The maximum Gasteiger partial charge on any atom is 0.234 e. The van der Waals surface area contributed by atoms with Gasteiger partial charge in [-0.3, -0.25) is 19.4 Å². The van der Waals surface area contributed by atoms with Crippen molar-refractivity contribution in [3.63, 3.8) is 0 Å². The van der Waals surface area contributed by atoms with E-state index in [1.807, 2.05) is 30.1 Å². The van der Waals surface area contributed by atoms with Crippen LogP contribution in [0.3, 0.4) is 0 Å². The molecule has 0 bridgehead atoms. The largest absolute Gasteiger partial charge is 0.353 e. The standard InChI is InChI=1S/C22H33ClN4O2/c1-17(28)25(2)18-9-13-26(14-10-18)16-22(29)24-15-21(27-11-5-6-12-27)19-7-3-4-8-20(19)23/h3-4,7-8,18,21H,5-6,9-16H2,1-2H3,(H,24,29). The average molecular weight is 421 g/mol. The Morgan fingerprint density at radius 1 is 1.17 bits per heavy atom. The van der Waals surface area contributed by atoms with Gasteiger partial charge in [0.05, 0.1) is 12.6 Å². The number of benzene rings is 1. The van der Waals surface area contributed by atoms with E-state index in [4.69, 9.17) is 11.6 Å². The van der Waals surface area contributed by atoms with E-state index >= 15 is 0 Å². The minimum Gasteiger partial charge on any atom is -0.353 e. The highest BCUT2D eigenvalue weighted by atomic mass is 35.5. The summed E-state index contributed by atoms with van der Waals surface area (Å²) in [5.74, 6) is 0.161. The van der Waals surface area contributed by atoms with Crippen molar-refractivity contribution >= 4 is 23.4 Å². The number of likely N-dealkylation sites (tertiary alicyclic amines) is 2. The molecule has 2 amide bonds. The van der Waals surface area contributed by atoms with Crippen LogP contribution in [0.2, 0.25) is 5.02 Å². The number of carbonyl (C=O) groups is 2. The van der Waals surface area contributed by atoms with Crippen LogP contribution in [0.15, 0.2) is 24.3 Å². The average Bonchev–Trinajstić information content (AvgIpc) is 3.24. The lowest BCUT2D eigenvalue weighted by atomic mass is 10.0. The molecule has 2 aliphatic heterocycles. The van der Waals surface area contributed by atoms with Crippen molar-refractivity contribution in [3.05, 3.63) is 34.9 Å². The van der Waals surface area contributed by atoms with Gasteiger partial charge in [-0.1, -0.05) is 29.8 Å². The van der Waals surface area contributed by atoms with E-state index < -0.39 is 0 Å². The van der Waals surface area contributed by atoms with Crippen molar-refractivity contribution in [2.45, 2.75) is 44.7 Å². The monoisotopic (exact) mass is 420 g/mol. The van der Waals surface area contributed by atoms with Crippen molar-refractivity contribution in [3.8, 4) is 0 Å². The highest BCUT2D eigenvalue weighted by Gasteiger charge is 2.27. The zero-order valence-electron chi connectivity index (χ0n) is 17.6. The van der Waals surface area contributed by atoms with E-state index in [2.05, 4.69) is 21.2 Å². The van der Waals surface area contributed by atoms with Crippen molar-refractivity contribution in [1.82, 2.24) is 20.0 Å². The van der Waals surface area contributed by atoms with E-state index in [0.717, 1.165) is 49.6 Å². The van der Waals surface area contributed by atoms with Crippen LogP contribution in [0, 0.1) is 0 Å². The van der Waals surface area contributed by atoms with Crippen LogP contribution in [0.1, 0.15) is 44.2 Å². The van der Waals surface area contributed by atoms with Gasteiger partial charge in [-0.25, -0.2) is 0 Å². The van der Waals surface area contributed by atoms with Gasteiger partial charge in [0.15, 0.2) is 0 Å². The van der Waals surface area contributed by atoms with Gasteiger partial charge < -0.3 is 10.2 Å². The topological polar surface area (TPSA) is 55.9 Å². The van der Waals surface area contributed by atoms with E-state index in [1.165, 1.54) is 12.8 Å². The first-order valence-corrected chi connectivity index (χ1v) is 11.0. The number of hydrogen-bond acceptors (Lipinski definition) is 4. The summed E-state index contributed by atoms with van der Waals surface area (Å²) in [7, 11) is 1.86. The number of rotatable bonds is 7. The molecule has 7 heteroatoms. The van der Waals surface area contributed by atoms with Gasteiger partial charge in [-0.2, -0.15) is 0 Å². The number of carbonyl (C=O) groups excluding carboxylic acids is 2. The quantitative estimate of drug-likeness (QED) is 0.736. The maximum absolute atomic E-state index is 12.6. The molecule has 1 aromatic rings. The minimum absolute atomic E-state index is 0.0552. The van der Waals surface area contributed by atoms with Crippen LogP contribution >= 0.6 is 11.6 Å². The summed E-state index contributed by atoms with van der Waals surface area (Å²) in [6, 6.07) is 8.33. The zero-order valence-corrected chi connectivity index (χ0v) is 18.3. The fraction of sp³-hybridized carbons (Fsp3) is 0.636. The Bertz CT molecular complexity index is 700. The van der Waals surface area contributed by atoms with Crippen molar-refractivity contribution in [2.24, 2.45) is 0 Å². The van der Waals surface area contributed by atoms with Gasteiger partial charge in [0.2, 0.25) is 11.8 Å². The van der Waals surface area contributed by atoms with Gasteiger partial charge in [-0.05, 0) is 50.4 Å². The molecule has 29 heavy (non-hydrogen) atoms. The Hall–Kier alpha value is -1.63. The van der Waals surface area contributed by atoms with Crippen LogP contribution < -0.4 is 5.32 Å². The molecule has 0 spiro atoms. The molecular weight excluding hydrogens is 388 g/mol. The summed E-state index contributed by atoms with van der Waals surface area (Å²) < 4.78 is 0. The lowest BCUT2D eigenvalue weighted by molar-refractivity contribution is -0.131. The summed E-state index contributed by atoms with van der Waals surface area (Å²) in [6.45, 7) is 6.37. The van der Waals surface area contributed by atoms with Crippen LogP contribution in [0.4, 0.5) is 0 Å². The molecule has 1 N–H and O–H groups in total. The number of nitrogens with one attached hydrogen (secondary N) is 1. The van der Waals surface area contributed by atoms with E-state index in [0.29, 0.717) is 13.1 Å². The smallest absolute Gasteiger partial charge is 0.234 e. The van der Waals surface area contributed by atoms with E-state index in [1.54, 1.807) is 6.92 Å². The SMILES string of the molecule is CC(=O)N(C)C1CCN(CC(=O)NCC(c2ccccc2Cl)N2CCCC2)CC1. The predicted octanol–water partition coefficient (Wildman–Crippen LogP) is 2.54. The summed E-state index contributed by atoms with van der Waals surface area (Å²) in [4.78, 5) is 30.6. The van der Waals surface area contributed by atoms with E-state index in [9.17, 15) is 9.59 Å². The van der Waals surface area contributed by atoms with Gasteiger partial charge in [-0.15, -0.1) is 0 Å². The van der Waals surface area contributed by atoms with Crippen LogP contribution in [0.25, 0.3) is 0 Å². The molecule has 160 valence electrons. The molecule has 0 radical (unpaired) electrons. The Kier molecular flexibility index (Phi) is 7.92. The number of halogens is 1. The lowest BCUT2D eigenvalue weighted by Crippen LogP contribution is -2.48. The molecule has 1 aromatic carbocycles. The lowest BCUT2D eigenvalue weighted by Gasteiger charge is -2.36. The minimum atomic E-state index is 0.0552. The third-order valence-corrected chi connectivity index (χ3v) is 6.65. The Labute approximate surface area is 179 Å². The second kappa shape index (κ2) is 10.4. The second-order valence-corrected chi connectivity index (χ2v) is 8.63. The van der Waals surface area contributed by atoms with Gasteiger partial charge in [0.25, 0.3) is 0 Å². The predicted molar refractivity (Wildman–Crippen MR) is 116 cm³/mol. The first-order valence-electron chi connectivity index (χ1n) is 10.7. The molecular formula is C22H33ClN4O2. The molecule has 0 saturated carbocycles. The van der Waals surface area contributed by atoms with Crippen LogP contribution in [0.5, 0.6) is 0 Å². The molecule has 2 fully saturated rings. The summed E-state index contributed by atoms with van der Waals surface area (Å²) in [6.07, 6.45) is 4.22. The zero-order chi connectivity index (χ0) is 20.8. The van der Waals surface area contributed by atoms with Gasteiger partial charge in [0, 0.05) is 44.7 Å². The third kappa shape index (κ3) is 5.93. The second-order valence-electron chi connectivity index (χ2n) is 8.22. The Morgan fingerprint density at radius 3 is 2.45 bits per heavy atom. The summed E-state index contributed by atoms with van der Waals surface area (Å²) in [5, 5.41) is 3.90. The number of piperidine rings is 1. The molecule has 3 rings (SSSR count). The molecule has 1 unspecified atom stereocenters. The van der Waals surface area contributed by atoms with Gasteiger partial charge in [0.1, 0.15) is 0 Å². The number of amides is 2. The first-order chi connectivity index (χ1) is 14.0. The third-order valence-electron chi connectivity index (χ3n) is 6.31. The molecule has 2 saturated heterocycles. The normalized spacial score (nSPS) is 19.8. The van der Waals surface area contributed by atoms with Crippen molar-refractivity contribution < 1.29 is 9.59 Å². The fourth-order valence-electron chi connectivity index (χ4n) is 4.43. The molecule has 2 aliphatic rings. The van der Waals surface area contributed by atoms with Crippen molar-refractivity contribution in [1.29, 1.82) is 0 Å². The summed E-state index contributed by atoms with van der Waals surface area (Å²) in [5.41, 5.74) is 1.09. The molecule has 1 atom stereocenters. The van der Waals surface area contributed by atoms with Crippen molar-refractivity contribution in [2.75, 3.05) is 46.3 Å². The highest BCUT2D eigenvalue weighted by Crippen LogP contribution is 2.29. The van der Waals surface area contributed by atoms with E-state index in [-0.39, 0.29) is 23.9 Å². The van der Waals surface area contributed by atoms with Gasteiger partial charge >= 0.3 is 0 Å². The Balaban J connectivity index is 1.51. The van der Waals surface area contributed by atoms with Crippen LogP contribution in [-0.4, -0.2) is 78.9 Å². The molecule has 6 nitrogen and oxygen atoms in total. The number of nitrogens with zero attached hydrogens (tertiary/aromatic N) is 3. The highest BCUT2D eigenvalue weighted by molar-refractivity contribution is 6.31. The molecule has 0 aliphatic carbocycles. The summed E-state index contributed by atoms with van der Waals surface area (Å²) >= 11 is 6.45. The number of hydrogen-bond donors (Lipinski definition) is 1. The maximum atomic E-state index is 12.6. The molecule has 2 heterocycles. The molecule has 0 aromatic heterocycles.